The van der Waals surface area contributed by atoms with Gasteiger partial charge in [-0.2, -0.15) is 0 Å². The molecule has 1 aliphatic heterocycles. The molecule has 158 valence electrons. The van der Waals surface area contributed by atoms with Gasteiger partial charge in [-0.15, -0.1) is 0 Å². The van der Waals surface area contributed by atoms with Gasteiger partial charge in [-0.05, 0) is 62.1 Å². The Hall–Kier alpha value is -0.436. The van der Waals surface area contributed by atoms with Crippen molar-refractivity contribution in [2.24, 2.45) is 0 Å². The van der Waals surface area contributed by atoms with Crippen molar-refractivity contribution >= 4 is 22.6 Å². The molecule has 27 heavy (non-hydrogen) atoms. The fourth-order valence-electron chi connectivity index (χ4n) is 2.42. The van der Waals surface area contributed by atoms with Gasteiger partial charge < -0.3 is 13.6 Å². The van der Waals surface area contributed by atoms with E-state index in [1.807, 2.05) is 13.0 Å². The summed E-state index contributed by atoms with van der Waals surface area (Å²) in [5.41, 5.74) is 0.777. The molecular formula is C21H42O4Si2. The Morgan fingerprint density at radius 2 is 1.56 bits per heavy atom. The highest BCUT2D eigenvalue weighted by Crippen LogP contribution is 2.39. The quantitative estimate of drug-likeness (QED) is 0.358. The van der Waals surface area contributed by atoms with Gasteiger partial charge in [0, 0.05) is 5.57 Å². The third kappa shape index (κ3) is 6.84. The van der Waals surface area contributed by atoms with Crippen molar-refractivity contribution in [3.8, 4) is 0 Å². The number of carbonyl (C=O) groups excluding carboxylic acids is 1. The van der Waals surface area contributed by atoms with Crippen LogP contribution < -0.4 is 0 Å². The van der Waals surface area contributed by atoms with Crippen molar-refractivity contribution < 1.29 is 18.4 Å². The predicted octanol–water partition coefficient (Wildman–Crippen LogP) is 6.05. The monoisotopic (exact) mass is 414 g/mol. The first-order valence-electron chi connectivity index (χ1n) is 10.2. The van der Waals surface area contributed by atoms with Gasteiger partial charge in [0.15, 0.2) is 16.6 Å². The Labute approximate surface area is 169 Å². The fourth-order valence-corrected chi connectivity index (χ4v) is 4.83. The summed E-state index contributed by atoms with van der Waals surface area (Å²) in [5, 5.41) is 0.310. The molecule has 0 fully saturated rings. The van der Waals surface area contributed by atoms with E-state index < -0.39 is 16.6 Å². The molecule has 1 rings (SSSR count). The van der Waals surface area contributed by atoms with Crippen molar-refractivity contribution in [1.82, 2.24) is 0 Å². The SMILES string of the molecule is C[C@H]1C=C(CC[C@H](CO[Si](C)(C)C(C)(C)C)O[Si](C)(C)C(C)(C)C)C(=O)O1. The summed E-state index contributed by atoms with van der Waals surface area (Å²) < 4.78 is 18.4. The van der Waals surface area contributed by atoms with Gasteiger partial charge in [-0.25, -0.2) is 4.79 Å². The predicted molar refractivity (Wildman–Crippen MR) is 118 cm³/mol. The van der Waals surface area contributed by atoms with Crippen LogP contribution >= 0.6 is 0 Å². The van der Waals surface area contributed by atoms with E-state index in [1.165, 1.54) is 0 Å². The minimum atomic E-state index is -1.92. The Bertz CT molecular complexity index is 554. The zero-order valence-electron chi connectivity index (χ0n) is 19.5. The van der Waals surface area contributed by atoms with E-state index in [2.05, 4.69) is 67.7 Å². The highest BCUT2D eigenvalue weighted by atomic mass is 28.4. The van der Waals surface area contributed by atoms with Crippen LogP contribution in [0.5, 0.6) is 0 Å². The molecule has 0 saturated heterocycles. The van der Waals surface area contributed by atoms with Gasteiger partial charge in [0.05, 0.1) is 12.7 Å². The highest BCUT2D eigenvalue weighted by Gasteiger charge is 2.41. The van der Waals surface area contributed by atoms with E-state index in [0.29, 0.717) is 13.0 Å². The molecule has 6 heteroatoms. The van der Waals surface area contributed by atoms with Crippen LogP contribution in [0.1, 0.15) is 61.3 Å². The van der Waals surface area contributed by atoms with Gasteiger partial charge in [0.2, 0.25) is 0 Å². The number of esters is 1. The van der Waals surface area contributed by atoms with Crippen LogP contribution in [-0.4, -0.2) is 41.4 Å². The maximum absolute atomic E-state index is 11.9. The third-order valence-electron chi connectivity index (χ3n) is 6.43. The topological polar surface area (TPSA) is 44.8 Å². The minimum Gasteiger partial charge on any atom is -0.455 e. The van der Waals surface area contributed by atoms with Gasteiger partial charge in [0.25, 0.3) is 0 Å². The number of cyclic esters (lactones) is 1. The lowest BCUT2D eigenvalue weighted by Gasteiger charge is -2.41. The van der Waals surface area contributed by atoms with Gasteiger partial charge in [-0.3, -0.25) is 0 Å². The molecule has 0 aromatic rings. The van der Waals surface area contributed by atoms with E-state index in [1.54, 1.807) is 0 Å². The number of rotatable bonds is 8. The molecule has 0 aromatic heterocycles. The summed E-state index contributed by atoms with van der Waals surface area (Å²) in [4.78, 5) is 11.9. The molecule has 0 aliphatic carbocycles. The average Bonchev–Trinajstić information content (AvgIpc) is 2.77. The van der Waals surface area contributed by atoms with E-state index in [-0.39, 0.29) is 28.3 Å². The summed E-state index contributed by atoms with van der Waals surface area (Å²) in [5.74, 6) is -0.182. The molecule has 0 amide bonds. The molecule has 0 N–H and O–H groups in total. The zero-order chi connectivity index (χ0) is 21.3. The number of carbonyl (C=O) groups is 1. The van der Waals surface area contributed by atoms with Crippen LogP contribution in [0.3, 0.4) is 0 Å². The Morgan fingerprint density at radius 3 is 1.96 bits per heavy atom. The maximum atomic E-state index is 11.9. The van der Waals surface area contributed by atoms with Crippen LogP contribution in [0, 0.1) is 0 Å². The maximum Gasteiger partial charge on any atom is 0.334 e. The normalized spacial score (nSPS) is 20.5. The summed E-state index contributed by atoms with van der Waals surface area (Å²) in [6.45, 7) is 25.1. The smallest absolute Gasteiger partial charge is 0.334 e. The number of hydrogen-bond donors (Lipinski definition) is 0. The van der Waals surface area contributed by atoms with Crippen molar-refractivity contribution in [3.05, 3.63) is 11.6 Å². The average molecular weight is 415 g/mol. The molecular weight excluding hydrogens is 372 g/mol. The Morgan fingerprint density at radius 1 is 1.04 bits per heavy atom. The van der Waals surface area contributed by atoms with Crippen molar-refractivity contribution in [2.45, 2.75) is 110 Å². The molecule has 0 aromatic carbocycles. The van der Waals surface area contributed by atoms with Gasteiger partial charge >= 0.3 is 5.97 Å². The molecule has 1 heterocycles. The number of ether oxygens (including phenoxy) is 1. The van der Waals surface area contributed by atoms with E-state index >= 15 is 0 Å². The van der Waals surface area contributed by atoms with E-state index in [9.17, 15) is 4.79 Å². The first-order chi connectivity index (χ1) is 12.0. The van der Waals surface area contributed by atoms with Crippen LogP contribution in [0.25, 0.3) is 0 Å². The zero-order valence-corrected chi connectivity index (χ0v) is 21.5. The summed E-state index contributed by atoms with van der Waals surface area (Å²) in [6, 6.07) is 0. The molecule has 0 spiro atoms. The lowest BCUT2D eigenvalue weighted by molar-refractivity contribution is -0.139. The molecule has 0 radical (unpaired) electrons. The molecule has 4 nitrogen and oxygen atoms in total. The first kappa shape index (κ1) is 24.6. The molecule has 0 unspecified atom stereocenters. The second kappa shape index (κ2) is 8.51. The Kier molecular flexibility index (Phi) is 7.76. The second-order valence-electron chi connectivity index (χ2n) is 10.9. The summed E-state index contributed by atoms with van der Waals surface area (Å²) >= 11 is 0. The van der Waals surface area contributed by atoms with Crippen molar-refractivity contribution in [2.75, 3.05) is 6.61 Å². The van der Waals surface area contributed by atoms with Gasteiger partial charge in [0.1, 0.15) is 6.10 Å². The molecule has 1 aliphatic rings. The second-order valence-corrected chi connectivity index (χ2v) is 20.5. The molecule has 0 saturated carbocycles. The largest absolute Gasteiger partial charge is 0.455 e. The van der Waals surface area contributed by atoms with Gasteiger partial charge in [-0.1, -0.05) is 41.5 Å². The lowest BCUT2D eigenvalue weighted by atomic mass is 10.1. The van der Waals surface area contributed by atoms with Crippen molar-refractivity contribution in [1.29, 1.82) is 0 Å². The minimum absolute atomic E-state index is 0.00428. The fraction of sp³-hybridized carbons (Fsp3) is 0.857. The number of hydrogen-bond acceptors (Lipinski definition) is 4. The standard InChI is InChI=1S/C21H42O4Si2/c1-16-14-17(19(22)24-16)12-13-18(25-27(10,11)21(5,6)7)15-23-26(8,9)20(2,3)4/h14,16,18H,12-13,15H2,1-11H3/t16-,18+/m0/s1. The van der Waals surface area contributed by atoms with Crippen LogP contribution in [0.4, 0.5) is 0 Å². The third-order valence-corrected chi connectivity index (χ3v) is 15.5. The molecule has 0 bridgehead atoms. The van der Waals surface area contributed by atoms with Crippen molar-refractivity contribution in [3.63, 3.8) is 0 Å². The van der Waals surface area contributed by atoms with Crippen LogP contribution in [0.2, 0.25) is 36.3 Å². The molecule has 2 atom stereocenters. The first-order valence-corrected chi connectivity index (χ1v) is 16.0. The van der Waals surface area contributed by atoms with Crippen LogP contribution in [-0.2, 0) is 18.4 Å². The lowest BCUT2D eigenvalue weighted by Crippen LogP contribution is -2.47. The summed E-state index contributed by atoms with van der Waals surface area (Å²) in [7, 11) is -3.76. The van der Waals surface area contributed by atoms with E-state index in [0.717, 1.165) is 12.0 Å². The summed E-state index contributed by atoms with van der Waals surface area (Å²) in [6.07, 6.45) is 3.29. The van der Waals surface area contributed by atoms with Crippen LogP contribution in [0.15, 0.2) is 11.6 Å². The van der Waals surface area contributed by atoms with E-state index in [4.69, 9.17) is 13.6 Å². The Balaban J connectivity index is 2.86. The highest BCUT2D eigenvalue weighted by molar-refractivity contribution is 6.74.